The van der Waals surface area contributed by atoms with Gasteiger partial charge in [0.25, 0.3) is 0 Å². The minimum absolute atomic E-state index is 0.154. The van der Waals surface area contributed by atoms with Crippen LogP contribution < -0.4 is 5.73 Å². The molecule has 18 heavy (non-hydrogen) atoms. The lowest BCUT2D eigenvalue weighted by molar-refractivity contribution is 0.133. The summed E-state index contributed by atoms with van der Waals surface area (Å²) in [6.07, 6.45) is 0.150. The number of hydrogen-bond acceptors (Lipinski definition) is 4. The van der Waals surface area contributed by atoms with Crippen LogP contribution in [0, 0.1) is 6.92 Å². The van der Waals surface area contributed by atoms with Crippen molar-refractivity contribution in [3.05, 3.63) is 29.3 Å². The second kappa shape index (κ2) is 7.36. The number of hydrogen-bond donors (Lipinski definition) is 3. The van der Waals surface area contributed by atoms with Crippen LogP contribution in [-0.4, -0.2) is 41.4 Å². The van der Waals surface area contributed by atoms with Gasteiger partial charge >= 0.3 is 0 Å². The van der Waals surface area contributed by atoms with Gasteiger partial charge in [-0.3, -0.25) is 0 Å². The Kier molecular flexibility index (Phi) is 6.12. The maximum absolute atomic E-state index is 10.1. The average Bonchev–Trinajstić information content (AvgIpc) is 2.37. The zero-order valence-electron chi connectivity index (χ0n) is 11.3. The molecule has 0 radical (unpaired) electrons. The predicted octanol–water partition coefficient (Wildman–Crippen LogP) is 1.31. The van der Waals surface area contributed by atoms with Gasteiger partial charge < -0.3 is 20.8 Å². The molecule has 1 aromatic rings. The Morgan fingerprint density at radius 2 is 2.06 bits per heavy atom. The van der Waals surface area contributed by atoms with E-state index in [1.807, 2.05) is 32.0 Å². The Hall–Kier alpha value is -1.10. The van der Waals surface area contributed by atoms with Crippen molar-refractivity contribution in [2.24, 2.45) is 0 Å². The van der Waals surface area contributed by atoms with E-state index in [0.29, 0.717) is 18.7 Å². The van der Waals surface area contributed by atoms with Crippen molar-refractivity contribution in [3.63, 3.8) is 0 Å². The summed E-state index contributed by atoms with van der Waals surface area (Å²) in [5.41, 5.74) is 8.44. The van der Waals surface area contributed by atoms with E-state index in [1.54, 1.807) is 0 Å². The van der Waals surface area contributed by atoms with Crippen molar-refractivity contribution in [3.8, 4) is 0 Å². The summed E-state index contributed by atoms with van der Waals surface area (Å²) in [7, 11) is 0. The van der Waals surface area contributed by atoms with Crippen molar-refractivity contribution >= 4 is 5.69 Å². The third-order valence-corrected chi connectivity index (χ3v) is 3.27. The molecule has 0 spiro atoms. The van der Waals surface area contributed by atoms with Gasteiger partial charge in [0, 0.05) is 18.8 Å². The van der Waals surface area contributed by atoms with Crippen molar-refractivity contribution in [2.45, 2.75) is 26.4 Å². The molecule has 0 bridgehead atoms. The third kappa shape index (κ3) is 4.29. The molecule has 0 aliphatic carbocycles. The van der Waals surface area contributed by atoms with Gasteiger partial charge in [-0.15, -0.1) is 0 Å². The first kappa shape index (κ1) is 15.0. The van der Waals surface area contributed by atoms with E-state index in [4.69, 9.17) is 10.8 Å². The number of nitrogen functional groups attached to an aromatic ring is 1. The zero-order valence-corrected chi connectivity index (χ0v) is 11.3. The molecular formula is C14H24N2O2. The highest BCUT2D eigenvalue weighted by molar-refractivity contribution is 5.48. The molecule has 0 aliphatic rings. The molecule has 0 saturated carbocycles. The first-order valence-corrected chi connectivity index (χ1v) is 6.45. The third-order valence-electron chi connectivity index (χ3n) is 3.27. The maximum Gasteiger partial charge on any atom is 0.0803 e. The fourth-order valence-corrected chi connectivity index (χ4v) is 1.91. The van der Waals surface area contributed by atoms with Gasteiger partial charge in [0.2, 0.25) is 0 Å². The normalized spacial score (nSPS) is 12.9. The summed E-state index contributed by atoms with van der Waals surface area (Å²) < 4.78 is 0. The van der Waals surface area contributed by atoms with Crippen molar-refractivity contribution in [1.29, 1.82) is 0 Å². The highest BCUT2D eigenvalue weighted by Crippen LogP contribution is 2.21. The minimum Gasteiger partial charge on any atom is -0.399 e. The molecule has 4 N–H and O–H groups in total. The van der Waals surface area contributed by atoms with Crippen LogP contribution in [0.3, 0.4) is 0 Å². The molecule has 0 aliphatic heterocycles. The molecule has 102 valence electrons. The first-order chi connectivity index (χ1) is 8.58. The van der Waals surface area contributed by atoms with E-state index in [-0.39, 0.29) is 6.61 Å². The Morgan fingerprint density at radius 1 is 1.33 bits per heavy atom. The second-order valence-corrected chi connectivity index (χ2v) is 4.58. The van der Waals surface area contributed by atoms with Gasteiger partial charge in [-0.25, -0.2) is 0 Å². The summed E-state index contributed by atoms with van der Waals surface area (Å²) in [5.74, 6) is 0. The van der Waals surface area contributed by atoms with Gasteiger partial charge in [0.15, 0.2) is 0 Å². The van der Waals surface area contributed by atoms with E-state index in [0.717, 1.165) is 24.2 Å². The number of aliphatic hydroxyl groups excluding tert-OH is 2. The van der Waals surface area contributed by atoms with E-state index in [9.17, 15) is 5.11 Å². The van der Waals surface area contributed by atoms with Crippen LogP contribution >= 0.6 is 0 Å². The number of nitrogens with two attached hydrogens (primary N) is 1. The van der Waals surface area contributed by atoms with Gasteiger partial charge in [0.05, 0.1) is 12.7 Å². The van der Waals surface area contributed by atoms with Crippen LogP contribution in [-0.2, 0) is 0 Å². The molecule has 4 nitrogen and oxygen atoms in total. The summed E-state index contributed by atoms with van der Waals surface area (Å²) >= 11 is 0. The number of rotatable bonds is 7. The van der Waals surface area contributed by atoms with Crippen LogP contribution in [0.25, 0.3) is 0 Å². The topological polar surface area (TPSA) is 69.7 Å². The van der Waals surface area contributed by atoms with Crippen molar-refractivity contribution in [2.75, 3.05) is 32.0 Å². The number of aryl methyl sites for hydroxylation is 1. The molecule has 0 heterocycles. The summed E-state index contributed by atoms with van der Waals surface area (Å²) in [4.78, 5) is 2.11. The van der Waals surface area contributed by atoms with Crippen LogP contribution in [0.15, 0.2) is 18.2 Å². The largest absolute Gasteiger partial charge is 0.399 e. The number of likely N-dealkylation sites (N-methyl/N-ethyl adjacent to an activating group) is 1. The molecule has 1 unspecified atom stereocenters. The lowest BCUT2D eigenvalue weighted by Crippen LogP contribution is -2.28. The Labute approximate surface area is 109 Å². The monoisotopic (exact) mass is 252 g/mol. The van der Waals surface area contributed by atoms with Crippen LogP contribution in [0.5, 0.6) is 0 Å². The quantitative estimate of drug-likeness (QED) is 0.640. The highest BCUT2D eigenvalue weighted by atomic mass is 16.3. The van der Waals surface area contributed by atoms with Gasteiger partial charge in [-0.1, -0.05) is 19.1 Å². The Balaban J connectivity index is 2.53. The van der Waals surface area contributed by atoms with Crippen LogP contribution in [0.1, 0.15) is 30.6 Å². The summed E-state index contributed by atoms with van der Waals surface area (Å²) in [6.45, 7) is 6.45. The Bertz CT molecular complexity index is 369. The molecule has 0 amide bonds. The first-order valence-electron chi connectivity index (χ1n) is 6.45. The molecular weight excluding hydrogens is 228 g/mol. The lowest BCUT2D eigenvalue weighted by atomic mass is 10.0. The van der Waals surface area contributed by atoms with E-state index < -0.39 is 6.10 Å². The number of anilines is 1. The van der Waals surface area contributed by atoms with Crippen LogP contribution in [0.4, 0.5) is 5.69 Å². The second-order valence-electron chi connectivity index (χ2n) is 4.58. The predicted molar refractivity (Wildman–Crippen MR) is 74.4 cm³/mol. The molecule has 1 rings (SSSR count). The molecule has 1 atom stereocenters. The van der Waals surface area contributed by atoms with Gasteiger partial charge in [-0.2, -0.15) is 0 Å². The standard InChI is InChI=1S/C14H24N2O2/c1-3-16(8-9-17)7-6-14(18)12-5-4-11(2)13(15)10-12/h4-5,10,14,17-18H,3,6-9,15H2,1-2H3. The van der Waals surface area contributed by atoms with E-state index in [2.05, 4.69) is 4.90 Å². The van der Waals surface area contributed by atoms with E-state index >= 15 is 0 Å². The lowest BCUT2D eigenvalue weighted by Gasteiger charge is -2.21. The zero-order chi connectivity index (χ0) is 13.5. The average molecular weight is 252 g/mol. The SMILES string of the molecule is CCN(CCO)CCC(O)c1ccc(C)c(N)c1. The van der Waals surface area contributed by atoms with Gasteiger partial charge in [-0.05, 0) is 37.1 Å². The molecule has 4 heteroatoms. The molecule has 1 aromatic carbocycles. The summed E-state index contributed by atoms with van der Waals surface area (Å²) in [5, 5.41) is 19.0. The Morgan fingerprint density at radius 3 is 2.61 bits per heavy atom. The minimum atomic E-state index is -0.499. The highest BCUT2D eigenvalue weighted by Gasteiger charge is 2.10. The number of nitrogens with zero attached hydrogens (tertiary/aromatic N) is 1. The maximum atomic E-state index is 10.1. The summed E-state index contributed by atoms with van der Waals surface area (Å²) in [6, 6.07) is 5.68. The fourth-order valence-electron chi connectivity index (χ4n) is 1.91. The van der Waals surface area contributed by atoms with Crippen molar-refractivity contribution < 1.29 is 10.2 Å². The number of benzene rings is 1. The number of aliphatic hydroxyl groups is 2. The molecule has 0 saturated heterocycles. The van der Waals surface area contributed by atoms with Crippen LogP contribution in [0.2, 0.25) is 0 Å². The molecule has 0 fully saturated rings. The van der Waals surface area contributed by atoms with E-state index in [1.165, 1.54) is 0 Å². The van der Waals surface area contributed by atoms with Gasteiger partial charge in [0.1, 0.15) is 0 Å². The smallest absolute Gasteiger partial charge is 0.0803 e. The van der Waals surface area contributed by atoms with Crippen molar-refractivity contribution in [1.82, 2.24) is 4.90 Å². The fraction of sp³-hybridized carbons (Fsp3) is 0.571. The molecule has 0 aromatic heterocycles.